The summed E-state index contributed by atoms with van der Waals surface area (Å²) in [6.07, 6.45) is 2.58. The van der Waals surface area contributed by atoms with Crippen molar-refractivity contribution in [3.63, 3.8) is 0 Å². The van der Waals surface area contributed by atoms with Crippen molar-refractivity contribution in [2.45, 2.75) is 25.9 Å². The molecule has 0 spiro atoms. The Balaban J connectivity index is 2.07. The molecule has 1 aromatic rings. The van der Waals surface area contributed by atoms with Gasteiger partial charge in [-0.1, -0.05) is 30.3 Å². The van der Waals surface area contributed by atoms with Gasteiger partial charge in [-0.25, -0.2) is 0 Å². The lowest BCUT2D eigenvalue weighted by Crippen LogP contribution is -2.12. The fraction of sp³-hybridized carbons (Fsp3) is 0.385. The Kier molecular flexibility index (Phi) is 6.48. The highest BCUT2D eigenvalue weighted by Gasteiger charge is 2.02. The Bertz CT molecular complexity index is 338. The maximum Gasteiger partial charge on any atom is 0.306 e. The third-order valence-electron chi connectivity index (χ3n) is 2.28. The van der Waals surface area contributed by atoms with E-state index in [4.69, 9.17) is 4.74 Å². The SMILES string of the molecule is O=CNCCCCC(=O)OCc1ccccc1. The van der Waals surface area contributed by atoms with E-state index in [2.05, 4.69) is 5.32 Å². The molecule has 92 valence electrons. The second-order valence-corrected chi connectivity index (χ2v) is 3.68. The van der Waals surface area contributed by atoms with Gasteiger partial charge in [0, 0.05) is 13.0 Å². The van der Waals surface area contributed by atoms with E-state index in [0.29, 0.717) is 26.0 Å². The summed E-state index contributed by atoms with van der Waals surface area (Å²) in [5.74, 6) is -0.194. The summed E-state index contributed by atoms with van der Waals surface area (Å²) in [7, 11) is 0. The van der Waals surface area contributed by atoms with E-state index in [9.17, 15) is 9.59 Å². The molecule has 1 rings (SSSR count). The number of carbonyl (C=O) groups is 2. The Labute approximate surface area is 101 Å². The van der Waals surface area contributed by atoms with Gasteiger partial charge < -0.3 is 10.1 Å². The summed E-state index contributed by atoms with van der Waals surface area (Å²) >= 11 is 0. The van der Waals surface area contributed by atoms with Crippen LogP contribution in [0.1, 0.15) is 24.8 Å². The number of ether oxygens (including phenoxy) is 1. The van der Waals surface area contributed by atoms with Crippen LogP contribution >= 0.6 is 0 Å². The molecular formula is C13H17NO3. The molecule has 0 radical (unpaired) electrons. The highest BCUT2D eigenvalue weighted by molar-refractivity contribution is 5.69. The molecular weight excluding hydrogens is 218 g/mol. The predicted octanol–water partition coefficient (Wildman–Crippen LogP) is 1.65. The van der Waals surface area contributed by atoms with Gasteiger partial charge in [-0.3, -0.25) is 9.59 Å². The van der Waals surface area contributed by atoms with Gasteiger partial charge in [0.05, 0.1) is 0 Å². The molecule has 0 saturated carbocycles. The van der Waals surface area contributed by atoms with Crippen molar-refractivity contribution >= 4 is 12.4 Å². The number of unbranched alkanes of at least 4 members (excludes halogenated alkanes) is 1. The zero-order valence-electron chi connectivity index (χ0n) is 9.72. The summed E-state index contributed by atoms with van der Waals surface area (Å²) in [5, 5.41) is 2.55. The minimum absolute atomic E-state index is 0.194. The van der Waals surface area contributed by atoms with E-state index < -0.39 is 0 Å². The van der Waals surface area contributed by atoms with E-state index in [1.807, 2.05) is 30.3 Å². The largest absolute Gasteiger partial charge is 0.461 e. The molecule has 0 bridgehead atoms. The number of nitrogens with one attached hydrogen (secondary N) is 1. The lowest BCUT2D eigenvalue weighted by atomic mass is 10.2. The third kappa shape index (κ3) is 6.35. The molecule has 0 aliphatic rings. The van der Waals surface area contributed by atoms with Gasteiger partial charge in [0.2, 0.25) is 6.41 Å². The van der Waals surface area contributed by atoms with Gasteiger partial charge in [0.15, 0.2) is 0 Å². The van der Waals surface area contributed by atoms with Gasteiger partial charge in [-0.05, 0) is 18.4 Å². The van der Waals surface area contributed by atoms with Gasteiger partial charge in [-0.2, -0.15) is 0 Å². The maximum absolute atomic E-state index is 11.3. The monoisotopic (exact) mass is 235 g/mol. The second kappa shape index (κ2) is 8.33. The summed E-state index contributed by atoms with van der Waals surface area (Å²) < 4.78 is 5.11. The van der Waals surface area contributed by atoms with Crippen LogP contribution in [0.15, 0.2) is 30.3 Å². The van der Waals surface area contributed by atoms with Crippen LogP contribution in [-0.2, 0) is 20.9 Å². The zero-order chi connectivity index (χ0) is 12.3. The summed E-state index contributed by atoms with van der Waals surface area (Å²) in [6.45, 7) is 0.932. The quantitative estimate of drug-likeness (QED) is 0.423. The molecule has 4 heteroatoms. The molecule has 0 aromatic heterocycles. The number of carbonyl (C=O) groups excluding carboxylic acids is 2. The smallest absolute Gasteiger partial charge is 0.306 e. The minimum Gasteiger partial charge on any atom is -0.461 e. The molecule has 0 heterocycles. The van der Waals surface area contributed by atoms with Crippen molar-refractivity contribution in [2.75, 3.05) is 6.54 Å². The standard InChI is InChI=1S/C13H17NO3/c15-11-14-9-5-4-8-13(16)17-10-12-6-2-1-3-7-12/h1-3,6-7,11H,4-5,8-10H2,(H,14,15). The third-order valence-corrected chi connectivity index (χ3v) is 2.28. The van der Waals surface area contributed by atoms with E-state index in [1.165, 1.54) is 0 Å². The van der Waals surface area contributed by atoms with Crippen molar-refractivity contribution in [1.29, 1.82) is 0 Å². The fourth-order valence-electron chi connectivity index (χ4n) is 1.37. The van der Waals surface area contributed by atoms with Gasteiger partial charge in [0.1, 0.15) is 6.61 Å². The zero-order valence-corrected chi connectivity index (χ0v) is 9.72. The number of hydrogen-bond donors (Lipinski definition) is 1. The molecule has 1 N–H and O–H groups in total. The van der Waals surface area contributed by atoms with Crippen LogP contribution in [-0.4, -0.2) is 18.9 Å². The van der Waals surface area contributed by atoms with Gasteiger partial charge in [-0.15, -0.1) is 0 Å². The maximum atomic E-state index is 11.3. The van der Waals surface area contributed by atoms with Gasteiger partial charge >= 0.3 is 5.97 Å². The van der Waals surface area contributed by atoms with Crippen LogP contribution in [0.2, 0.25) is 0 Å². The van der Waals surface area contributed by atoms with E-state index in [0.717, 1.165) is 18.4 Å². The molecule has 0 atom stereocenters. The molecule has 0 unspecified atom stereocenters. The molecule has 1 amide bonds. The van der Waals surface area contributed by atoms with Crippen LogP contribution in [0.4, 0.5) is 0 Å². The van der Waals surface area contributed by atoms with Crippen molar-refractivity contribution in [3.8, 4) is 0 Å². The number of rotatable bonds is 8. The number of hydrogen-bond acceptors (Lipinski definition) is 3. The van der Waals surface area contributed by atoms with E-state index in [1.54, 1.807) is 0 Å². The topological polar surface area (TPSA) is 55.4 Å². The Morgan fingerprint density at radius 2 is 2.00 bits per heavy atom. The highest BCUT2D eigenvalue weighted by Crippen LogP contribution is 2.03. The predicted molar refractivity (Wildman–Crippen MR) is 64.2 cm³/mol. The van der Waals surface area contributed by atoms with Crippen LogP contribution in [0.25, 0.3) is 0 Å². The molecule has 17 heavy (non-hydrogen) atoms. The summed E-state index contributed by atoms with van der Waals surface area (Å²) in [4.78, 5) is 21.3. The molecule has 0 aliphatic heterocycles. The van der Waals surface area contributed by atoms with Crippen LogP contribution in [0.3, 0.4) is 0 Å². The lowest BCUT2D eigenvalue weighted by Gasteiger charge is -2.04. The highest BCUT2D eigenvalue weighted by atomic mass is 16.5. The average molecular weight is 235 g/mol. The number of benzene rings is 1. The van der Waals surface area contributed by atoms with Crippen LogP contribution in [0.5, 0.6) is 0 Å². The van der Waals surface area contributed by atoms with Crippen molar-refractivity contribution < 1.29 is 14.3 Å². The van der Waals surface area contributed by atoms with Gasteiger partial charge in [0.25, 0.3) is 0 Å². The molecule has 0 aliphatic carbocycles. The first-order chi connectivity index (χ1) is 8.33. The van der Waals surface area contributed by atoms with E-state index >= 15 is 0 Å². The number of esters is 1. The molecule has 1 aromatic carbocycles. The van der Waals surface area contributed by atoms with Crippen LogP contribution in [0, 0.1) is 0 Å². The fourth-order valence-corrected chi connectivity index (χ4v) is 1.37. The minimum atomic E-state index is -0.194. The average Bonchev–Trinajstić information content (AvgIpc) is 2.37. The van der Waals surface area contributed by atoms with Crippen molar-refractivity contribution in [2.24, 2.45) is 0 Å². The van der Waals surface area contributed by atoms with Crippen molar-refractivity contribution in [1.82, 2.24) is 5.32 Å². The molecule has 0 fully saturated rings. The first-order valence-corrected chi connectivity index (χ1v) is 5.69. The lowest BCUT2D eigenvalue weighted by molar-refractivity contribution is -0.145. The molecule has 4 nitrogen and oxygen atoms in total. The number of amides is 1. The van der Waals surface area contributed by atoms with Crippen LogP contribution < -0.4 is 5.32 Å². The summed E-state index contributed by atoms with van der Waals surface area (Å²) in [6, 6.07) is 9.58. The first kappa shape index (κ1) is 13.2. The van der Waals surface area contributed by atoms with E-state index in [-0.39, 0.29) is 5.97 Å². The summed E-state index contributed by atoms with van der Waals surface area (Å²) in [5.41, 5.74) is 0.989. The Morgan fingerprint density at radius 3 is 2.71 bits per heavy atom. The van der Waals surface area contributed by atoms with Crippen molar-refractivity contribution in [3.05, 3.63) is 35.9 Å². The first-order valence-electron chi connectivity index (χ1n) is 5.69. The second-order valence-electron chi connectivity index (χ2n) is 3.68. The Morgan fingerprint density at radius 1 is 1.24 bits per heavy atom. The molecule has 0 saturated heterocycles. The Hall–Kier alpha value is -1.84. The normalized spacial score (nSPS) is 9.65.